The number of unbranched alkanes of at least 4 members (excludes halogenated alkanes) is 1. The van der Waals surface area contributed by atoms with E-state index < -0.39 is 5.97 Å². The summed E-state index contributed by atoms with van der Waals surface area (Å²) in [6, 6.07) is 3.35. The fraction of sp³-hybridized carbons (Fsp3) is 0.312. The molecule has 2 heterocycles. The van der Waals surface area contributed by atoms with Crippen LogP contribution in [-0.2, 0) is 11.3 Å². The normalized spacial score (nSPS) is 11.1. The Morgan fingerprint density at radius 2 is 2.30 bits per heavy atom. The molecule has 2 rings (SSSR count). The molecule has 122 valence electrons. The van der Waals surface area contributed by atoms with Crippen molar-refractivity contribution in [3.63, 3.8) is 0 Å². The maximum Gasteiger partial charge on any atom is 0.336 e. The number of rotatable bonds is 6. The van der Waals surface area contributed by atoms with Crippen molar-refractivity contribution < 1.29 is 9.53 Å². The minimum Gasteiger partial charge on any atom is -0.420 e. The molecule has 0 amide bonds. The van der Waals surface area contributed by atoms with Gasteiger partial charge in [0, 0.05) is 24.4 Å². The molecular formula is C16H17BrClN3O2. The summed E-state index contributed by atoms with van der Waals surface area (Å²) in [4.78, 5) is 15.9. The molecule has 0 saturated carbocycles. The lowest BCUT2D eigenvalue weighted by Crippen LogP contribution is -2.04. The van der Waals surface area contributed by atoms with E-state index in [1.807, 2.05) is 6.92 Å². The summed E-state index contributed by atoms with van der Waals surface area (Å²) in [5.41, 5.74) is 1.50. The Morgan fingerprint density at radius 3 is 3.00 bits per heavy atom. The number of pyridine rings is 1. The van der Waals surface area contributed by atoms with Crippen LogP contribution in [0, 0.1) is 6.92 Å². The molecule has 0 aliphatic carbocycles. The fourth-order valence-corrected chi connectivity index (χ4v) is 2.61. The fourth-order valence-electron chi connectivity index (χ4n) is 1.95. The number of carbonyl (C=O) groups excluding carboxylic acids is 1. The molecule has 0 atom stereocenters. The number of hydrogen-bond acceptors (Lipinski definition) is 4. The van der Waals surface area contributed by atoms with E-state index in [0.717, 1.165) is 30.6 Å². The summed E-state index contributed by atoms with van der Waals surface area (Å²) in [7, 11) is 0. The van der Waals surface area contributed by atoms with Gasteiger partial charge in [-0.05, 0) is 47.5 Å². The van der Waals surface area contributed by atoms with E-state index in [-0.39, 0.29) is 0 Å². The predicted octanol–water partition coefficient (Wildman–Crippen LogP) is 4.42. The van der Waals surface area contributed by atoms with Crippen LogP contribution in [0.25, 0.3) is 6.08 Å². The monoisotopic (exact) mass is 397 g/mol. The third kappa shape index (κ3) is 4.65. The maximum absolute atomic E-state index is 11.9. The first-order valence-electron chi connectivity index (χ1n) is 7.26. The van der Waals surface area contributed by atoms with Crippen molar-refractivity contribution in [1.29, 1.82) is 0 Å². The van der Waals surface area contributed by atoms with Crippen LogP contribution in [-0.4, -0.2) is 20.7 Å². The highest BCUT2D eigenvalue weighted by Crippen LogP contribution is 2.23. The maximum atomic E-state index is 11.9. The highest BCUT2D eigenvalue weighted by Gasteiger charge is 2.11. The number of nitrogens with zero attached hydrogens (tertiary/aromatic N) is 3. The molecule has 0 spiro atoms. The van der Waals surface area contributed by atoms with Crippen LogP contribution in [0.5, 0.6) is 5.75 Å². The van der Waals surface area contributed by atoms with Crippen molar-refractivity contribution in [2.45, 2.75) is 33.2 Å². The molecule has 0 fully saturated rings. The Morgan fingerprint density at radius 1 is 1.52 bits per heavy atom. The molecule has 0 saturated heterocycles. The first-order valence-corrected chi connectivity index (χ1v) is 8.43. The van der Waals surface area contributed by atoms with Crippen molar-refractivity contribution >= 4 is 39.6 Å². The number of aromatic nitrogens is 3. The van der Waals surface area contributed by atoms with E-state index in [0.29, 0.717) is 15.5 Å². The Kier molecular flexibility index (Phi) is 6.36. The van der Waals surface area contributed by atoms with Crippen LogP contribution < -0.4 is 4.74 Å². The first-order chi connectivity index (χ1) is 11.0. The van der Waals surface area contributed by atoms with Crippen LogP contribution in [0.15, 0.2) is 29.0 Å². The first kappa shape index (κ1) is 17.7. The lowest BCUT2D eigenvalue weighted by atomic mass is 10.2. The van der Waals surface area contributed by atoms with Gasteiger partial charge in [0.05, 0.1) is 5.69 Å². The molecule has 0 bridgehead atoms. The summed E-state index contributed by atoms with van der Waals surface area (Å²) >= 11 is 9.54. The molecule has 0 aliphatic rings. The highest BCUT2D eigenvalue weighted by molar-refractivity contribution is 9.10. The summed E-state index contributed by atoms with van der Waals surface area (Å²) in [5.74, 6) is -0.140. The molecule has 0 unspecified atom stereocenters. The van der Waals surface area contributed by atoms with Crippen LogP contribution in [0.4, 0.5) is 0 Å². The topological polar surface area (TPSA) is 57.0 Å². The highest BCUT2D eigenvalue weighted by atomic mass is 79.9. The van der Waals surface area contributed by atoms with Crippen LogP contribution in [0.1, 0.15) is 31.0 Å². The van der Waals surface area contributed by atoms with Gasteiger partial charge in [-0.2, -0.15) is 5.10 Å². The second kappa shape index (κ2) is 8.26. The van der Waals surface area contributed by atoms with E-state index in [1.54, 1.807) is 29.1 Å². The number of esters is 1. The molecule has 23 heavy (non-hydrogen) atoms. The SMILES string of the molecule is CCCCn1nc(C)c(/C=C/C(=O)Oc2cccnc2Br)c1Cl. The molecular weight excluding hydrogens is 382 g/mol. The number of hydrogen-bond donors (Lipinski definition) is 0. The summed E-state index contributed by atoms with van der Waals surface area (Å²) in [6.45, 7) is 4.73. The third-order valence-electron chi connectivity index (χ3n) is 3.15. The molecule has 2 aromatic rings. The molecule has 0 aliphatic heterocycles. The van der Waals surface area contributed by atoms with Crippen molar-refractivity contribution in [1.82, 2.24) is 14.8 Å². The van der Waals surface area contributed by atoms with Crippen LogP contribution >= 0.6 is 27.5 Å². The molecule has 0 radical (unpaired) electrons. The largest absolute Gasteiger partial charge is 0.420 e. The Labute approximate surface area is 148 Å². The zero-order valence-corrected chi connectivity index (χ0v) is 15.3. The average Bonchev–Trinajstić information content (AvgIpc) is 2.79. The molecule has 0 N–H and O–H groups in total. The van der Waals surface area contributed by atoms with Crippen molar-refractivity contribution in [2.75, 3.05) is 0 Å². The van der Waals surface area contributed by atoms with Gasteiger partial charge in [0.2, 0.25) is 0 Å². The lowest BCUT2D eigenvalue weighted by Gasteiger charge is -2.02. The third-order valence-corrected chi connectivity index (χ3v) is 4.15. The van der Waals surface area contributed by atoms with Crippen LogP contribution in [0.2, 0.25) is 5.15 Å². The predicted molar refractivity (Wildman–Crippen MR) is 93.5 cm³/mol. The van der Waals surface area contributed by atoms with Gasteiger partial charge in [0.15, 0.2) is 5.75 Å². The zero-order chi connectivity index (χ0) is 16.8. The molecule has 7 heteroatoms. The molecule has 5 nitrogen and oxygen atoms in total. The van der Waals surface area contributed by atoms with Gasteiger partial charge in [0.25, 0.3) is 0 Å². The molecule has 0 aromatic carbocycles. The second-order valence-corrected chi connectivity index (χ2v) is 6.02. The zero-order valence-electron chi connectivity index (χ0n) is 12.9. The number of halogens is 2. The summed E-state index contributed by atoms with van der Waals surface area (Å²) < 4.78 is 7.44. The van der Waals surface area contributed by atoms with Gasteiger partial charge in [-0.15, -0.1) is 0 Å². The summed E-state index contributed by atoms with van der Waals surface area (Å²) in [6.07, 6.45) is 6.62. The van der Waals surface area contributed by atoms with Gasteiger partial charge < -0.3 is 4.74 Å². The van der Waals surface area contributed by atoms with Crippen molar-refractivity contribution in [3.05, 3.63) is 45.4 Å². The average molecular weight is 399 g/mol. The van der Waals surface area contributed by atoms with Crippen LogP contribution in [0.3, 0.4) is 0 Å². The van der Waals surface area contributed by atoms with Gasteiger partial charge in [-0.1, -0.05) is 24.9 Å². The van der Waals surface area contributed by atoms with E-state index in [4.69, 9.17) is 16.3 Å². The lowest BCUT2D eigenvalue weighted by molar-refractivity contribution is -0.128. The Balaban J connectivity index is 2.09. The van der Waals surface area contributed by atoms with Gasteiger partial charge in [-0.25, -0.2) is 9.78 Å². The van der Waals surface area contributed by atoms with Crippen molar-refractivity contribution in [3.8, 4) is 5.75 Å². The summed E-state index contributed by atoms with van der Waals surface area (Å²) in [5, 5.41) is 4.92. The smallest absolute Gasteiger partial charge is 0.336 e. The minimum atomic E-state index is -0.504. The quantitative estimate of drug-likeness (QED) is 0.410. The van der Waals surface area contributed by atoms with Gasteiger partial charge in [-0.3, -0.25) is 4.68 Å². The number of aryl methyl sites for hydroxylation is 2. The number of ether oxygens (including phenoxy) is 1. The standard InChI is InChI=1S/C16H17BrClN3O2/c1-3-4-10-21-16(18)12(11(2)20-21)7-8-14(22)23-13-6-5-9-19-15(13)17/h5-9H,3-4,10H2,1-2H3/b8-7+. The van der Waals surface area contributed by atoms with E-state index in [9.17, 15) is 4.79 Å². The van der Waals surface area contributed by atoms with Gasteiger partial charge in [0.1, 0.15) is 9.76 Å². The number of carbonyl (C=O) groups is 1. The Bertz CT molecular complexity index is 728. The van der Waals surface area contributed by atoms with Gasteiger partial charge >= 0.3 is 5.97 Å². The Hall–Kier alpha value is -1.66. The van der Waals surface area contributed by atoms with E-state index >= 15 is 0 Å². The molecule has 2 aromatic heterocycles. The van der Waals surface area contributed by atoms with Crippen molar-refractivity contribution in [2.24, 2.45) is 0 Å². The van der Waals surface area contributed by atoms with E-state index in [1.165, 1.54) is 6.08 Å². The van der Waals surface area contributed by atoms with E-state index in [2.05, 4.69) is 32.9 Å². The minimum absolute atomic E-state index is 0.364. The second-order valence-electron chi connectivity index (χ2n) is 4.91.